The van der Waals surface area contributed by atoms with Crippen LogP contribution in [0, 0.1) is 6.92 Å². The number of hydrogen-bond donors (Lipinski definition) is 1. The Bertz CT molecular complexity index is 729. The Kier molecular flexibility index (Phi) is 2.82. The summed E-state index contributed by atoms with van der Waals surface area (Å²) in [6.45, 7) is 8.24. The summed E-state index contributed by atoms with van der Waals surface area (Å²) in [4.78, 5) is 18.3. The van der Waals surface area contributed by atoms with Crippen LogP contribution in [-0.2, 0) is 17.8 Å². The van der Waals surface area contributed by atoms with Crippen LogP contribution in [0.15, 0.2) is 6.07 Å². The summed E-state index contributed by atoms with van der Waals surface area (Å²) in [5.74, 6) is 0.536. The van der Waals surface area contributed by atoms with E-state index in [1.165, 1.54) is 0 Å². The van der Waals surface area contributed by atoms with E-state index in [2.05, 4.69) is 10.1 Å². The predicted molar refractivity (Wildman–Crippen MR) is 77.6 cm³/mol. The summed E-state index contributed by atoms with van der Waals surface area (Å²) in [7, 11) is 0. The Hall–Kier alpha value is -2.31. The number of anilines is 1. The lowest BCUT2D eigenvalue weighted by atomic mass is 10.2. The fourth-order valence-electron chi connectivity index (χ4n) is 2.41. The van der Waals surface area contributed by atoms with Crippen LogP contribution < -0.4 is 5.73 Å². The SMILES string of the molecule is Cc1cc2nc3c(c(N)n2n1)CN(C(=O)OC(C)(C)C)C3. The normalized spacial score (nSPS) is 14.6. The van der Waals surface area contributed by atoms with E-state index >= 15 is 0 Å². The summed E-state index contributed by atoms with van der Waals surface area (Å²) in [6, 6.07) is 1.87. The zero-order valence-corrected chi connectivity index (χ0v) is 12.7. The molecule has 1 amide bonds. The quantitative estimate of drug-likeness (QED) is 0.800. The molecule has 3 rings (SSSR count). The van der Waals surface area contributed by atoms with Crippen molar-refractivity contribution in [1.82, 2.24) is 19.5 Å². The lowest BCUT2D eigenvalue weighted by molar-refractivity contribution is 0.0241. The van der Waals surface area contributed by atoms with Gasteiger partial charge in [0.2, 0.25) is 0 Å². The molecule has 7 heteroatoms. The number of nitrogens with two attached hydrogens (primary N) is 1. The second-order valence-electron chi connectivity index (χ2n) is 6.31. The van der Waals surface area contributed by atoms with Crippen LogP contribution in [0.5, 0.6) is 0 Å². The second-order valence-corrected chi connectivity index (χ2v) is 6.31. The van der Waals surface area contributed by atoms with Gasteiger partial charge >= 0.3 is 6.09 Å². The number of aryl methyl sites for hydroxylation is 1. The van der Waals surface area contributed by atoms with Crippen molar-refractivity contribution < 1.29 is 9.53 Å². The molecule has 2 aromatic heterocycles. The van der Waals surface area contributed by atoms with Gasteiger partial charge in [-0.05, 0) is 27.7 Å². The van der Waals surface area contributed by atoms with Gasteiger partial charge in [-0.15, -0.1) is 0 Å². The molecular weight excluding hydrogens is 270 g/mol. The molecule has 0 radical (unpaired) electrons. The average molecular weight is 289 g/mol. The molecule has 0 spiro atoms. The Morgan fingerprint density at radius 3 is 2.76 bits per heavy atom. The first kappa shape index (κ1) is 13.7. The summed E-state index contributed by atoms with van der Waals surface area (Å²) in [5, 5.41) is 4.31. The number of aromatic nitrogens is 3. The van der Waals surface area contributed by atoms with Crippen molar-refractivity contribution >= 4 is 17.6 Å². The molecule has 112 valence electrons. The first-order valence-corrected chi connectivity index (χ1v) is 6.86. The maximum Gasteiger partial charge on any atom is 0.410 e. The van der Waals surface area contributed by atoms with Gasteiger partial charge in [0.25, 0.3) is 0 Å². The van der Waals surface area contributed by atoms with Crippen LogP contribution >= 0.6 is 0 Å². The van der Waals surface area contributed by atoms with Crippen LogP contribution in [-0.4, -0.2) is 31.2 Å². The smallest absolute Gasteiger partial charge is 0.410 e. The van der Waals surface area contributed by atoms with Crippen molar-refractivity contribution in [3.63, 3.8) is 0 Å². The van der Waals surface area contributed by atoms with Gasteiger partial charge in [-0.25, -0.2) is 9.78 Å². The molecule has 7 nitrogen and oxygen atoms in total. The van der Waals surface area contributed by atoms with Gasteiger partial charge in [0.05, 0.1) is 24.5 Å². The zero-order valence-electron chi connectivity index (χ0n) is 12.7. The third kappa shape index (κ3) is 2.39. The Morgan fingerprint density at radius 2 is 2.10 bits per heavy atom. The minimum Gasteiger partial charge on any atom is -0.444 e. The van der Waals surface area contributed by atoms with Crippen molar-refractivity contribution in [3.05, 3.63) is 23.0 Å². The van der Waals surface area contributed by atoms with Crippen LogP contribution in [0.3, 0.4) is 0 Å². The number of hydrogen-bond acceptors (Lipinski definition) is 5. The van der Waals surface area contributed by atoms with Gasteiger partial charge in [-0.1, -0.05) is 0 Å². The second kappa shape index (κ2) is 4.34. The molecule has 21 heavy (non-hydrogen) atoms. The average Bonchev–Trinajstić information content (AvgIpc) is 2.90. The standard InChI is InChI=1S/C14H19N5O2/c1-8-5-11-16-10-7-18(13(20)21-14(2,3)4)6-9(10)12(15)19(11)17-8/h5H,6-7,15H2,1-4H3. The number of carbonyl (C=O) groups excluding carboxylic acids is 1. The fourth-order valence-corrected chi connectivity index (χ4v) is 2.41. The topological polar surface area (TPSA) is 85.8 Å². The van der Waals surface area contributed by atoms with Gasteiger partial charge < -0.3 is 10.5 Å². The predicted octanol–water partition coefficient (Wildman–Crippen LogP) is 1.87. The minimum absolute atomic E-state index is 0.353. The highest BCUT2D eigenvalue weighted by molar-refractivity contribution is 5.70. The summed E-state index contributed by atoms with van der Waals surface area (Å²) < 4.78 is 7.00. The minimum atomic E-state index is -0.517. The molecule has 1 aliphatic rings. The maximum absolute atomic E-state index is 12.1. The van der Waals surface area contributed by atoms with Gasteiger partial charge in [-0.2, -0.15) is 9.61 Å². The van der Waals surface area contributed by atoms with Crippen LogP contribution in [0.1, 0.15) is 37.7 Å². The lowest BCUT2D eigenvalue weighted by Crippen LogP contribution is -2.33. The van der Waals surface area contributed by atoms with Gasteiger partial charge in [0.15, 0.2) is 5.65 Å². The van der Waals surface area contributed by atoms with Gasteiger partial charge in [0, 0.05) is 11.6 Å². The monoisotopic (exact) mass is 289 g/mol. The number of nitrogen functional groups attached to an aromatic ring is 1. The van der Waals surface area contributed by atoms with E-state index in [0.29, 0.717) is 24.6 Å². The van der Waals surface area contributed by atoms with Crippen molar-refractivity contribution in [1.29, 1.82) is 0 Å². The van der Waals surface area contributed by atoms with Crippen LogP contribution in [0.4, 0.5) is 10.6 Å². The highest BCUT2D eigenvalue weighted by Gasteiger charge is 2.31. The van der Waals surface area contributed by atoms with E-state index in [9.17, 15) is 4.79 Å². The van der Waals surface area contributed by atoms with E-state index in [1.54, 1.807) is 9.42 Å². The highest BCUT2D eigenvalue weighted by atomic mass is 16.6. The van der Waals surface area contributed by atoms with Crippen molar-refractivity contribution in [2.45, 2.75) is 46.4 Å². The van der Waals surface area contributed by atoms with Crippen LogP contribution in [0.2, 0.25) is 0 Å². The molecular formula is C14H19N5O2. The Labute approximate surface area is 122 Å². The van der Waals surface area contributed by atoms with Crippen molar-refractivity contribution in [2.75, 3.05) is 5.73 Å². The van der Waals surface area contributed by atoms with E-state index < -0.39 is 5.60 Å². The molecule has 3 heterocycles. The third-order valence-corrected chi connectivity index (χ3v) is 3.29. The molecule has 0 aromatic carbocycles. The largest absolute Gasteiger partial charge is 0.444 e. The Balaban J connectivity index is 1.91. The molecule has 0 aliphatic carbocycles. The first-order valence-electron chi connectivity index (χ1n) is 6.86. The third-order valence-electron chi connectivity index (χ3n) is 3.29. The summed E-state index contributed by atoms with van der Waals surface area (Å²) in [5.41, 5.74) is 8.86. The van der Waals surface area contributed by atoms with E-state index in [1.807, 2.05) is 33.8 Å². The molecule has 0 bridgehead atoms. The number of fused-ring (bicyclic) bond motifs is 2. The molecule has 1 aliphatic heterocycles. The summed E-state index contributed by atoms with van der Waals surface area (Å²) >= 11 is 0. The van der Waals surface area contributed by atoms with Crippen molar-refractivity contribution in [2.24, 2.45) is 0 Å². The van der Waals surface area contributed by atoms with Crippen LogP contribution in [0.25, 0.3) is 5.65 Å². The highest BCUT2D eigenvalue weighted by Crippen LogP contribution is 2.28. The molecule has 0 fully saturated rings. The number of amides is 1. The summed E-state index contributed by atoms with van der Waals surface area (Å²) in [6.07, 6.45) is -0.353. The fraction of sp³-hybridized carbons (Fsp3) is 0.500. The molecule has 2 N–H and O–H groups in total. The maximum atomic E-state index is 12.1. The van der Waals surface area contributed by atoms with Gasteiger partial charge in [-0.3, -0.25) is 4.90 Å². The number of carbonyl (C=O) groups is 1. The first-order chi connectivity index (χ1) is 9.74. The van der Waals surface area contributed by atoms with E-state index in [4.69, 9.17) is 10.5 Å². The Morgan fingerprint density at radius 1 is 1.38 bits per heavy atom. The molecule has 0 unspecified atom stereocenters. The zero-order chi connectivity index (χ0) is 15.4. The van der Waals surface area contributed by atoms with Gasteiger partial charge in [0.1, 0.15) is 11.4 Å². The lowest BCUT2D eigenvalue weighted by Gasteiger charge is -2.23. The number of rotatable bonds is 0. The number of nitrogens with zero attached hydrogens (tertiary/aromatic N) is 4. The molecule has 0 saturated heterocycles. The van der Waals surface area contributed by atoms with E-state index in [0.717, 1.165) is 17.0 Å². The molecule has 2 aromatic rings. The van der Waals surface area contributed by atoms with E-state index in [-0.39, 0.29) is 6.09 Å². The van der Waals surface area contributed by atoms with Crippen molar-refractivity contribution in [3.8, 4) is 0 Å². The molecule has 0 saturated carbocycles. The molecule has 0 atom stereocenters. The number of ether oxygens (including phenoxy) is 1.